The number of hydrogen-bond donors (Lipinski definition) is 2. The van der Waals surface area contributed by atoms with Gasteiger partial charge in [-0.1, -0.05) is 15.9 Å². The van der Waals surface area contributed by atoms with Gasteiger partial charge in [0.15, 0.2) is 0 Å². The molecule has 0 spiro atoms. The zero-order chi connectivity index (χ0) is 13.8. The zero-order valence-electron chi connectivity index (χ0n) is 10.2. The molecule has 102 valence electrons. The van der Waals surface area contributed by atoms with Crippen LogP contribution in [0.4, 0.5) is 11.4 Å². The Balaban J connectivity index is 2.88. The predicted molar refractivity (Wildman–Crippen MR) is 75.8 cm³/mol. The Hall–Kier alpha value is -0.830. The monoisotopic (exact) mass is 337 g/mol. The second kappa shape index (κ2) is 6.37. The average molecular weight is 338 g/mol. The molecule has 0 heterocycles. The lowest BCUT2D eigenvalue weighted by Gasteiger charge is -2.21. The molecular formula is C10H16BrN3O3S. The standard InChI is InChI=1S/C10H16BrN3O3S/c1-14(18(15,16)13-5-6-17-2)10-4-3-8(11)7-9(10)12/h3-4,7,13H,5-6,12H2,1-2H3. The number of nitrogens with zero attached hydrogens (tertiary/aromatic N) is 1. The second-order valence-electron chi connectivity index (χ2n) is 3.56. The number of nitrogen functional groups attached to an aromatic ring is 1. The molecule has 0 saturated heterocycles. The Morgan fingerprint density at radius 2 is 2.17 bits per heavy atom. The fourth-order valence-corrected chi connectivity index (χ4v) is 2.65. The highest BCUT2D eigenvalue weighted by Crippen LogP contribution is 2.27. The molecule has 0 aliphatic carbocycles. The fourth-order valence-electron chi connectivity index (χ4n) is 1.31. The summed E-state index contributed by atoms with van der Waals surface area (Å²) in [5.74, 6) is 0. The van der Waals surface area contributed by atoms with Crippen LogP contribution in [-0.2, 0) is 14.9 Å². The minimum atomic E-state index is -3.61. The van der Waals surface area contributed by atoms with Crippen LogP contribution in [-0.4, -0.2) is 35.7 Å². The summed E-state index contributed by atoms with van der Waals surface area (Å²) in [5, 5.41) is 0. The summed E-state index contributed by atoms with van der Waals surface area (Å²) in [7, 11) is -0.669. The van der Waals surface area contributed by atoms with Crippen LogP contribution in [0.25, 0.3) is 0 Å². The lowest BCUT2D eigenvalue weighted by molar-refractivity contribution is 0.204. The molecule has 0 aromatic heterocycles. The van der Waals surface area contributed by atoms with Crippen molar-refractivity contribution in [2.75, 3.05) is 37.3 Å². The summed E-state index contributed by atoms with van der Waals surface area (Å²) in [5.41, 5.74) is 6.58. The van der Waals surface area contributed by atoms with E-state index in [1.165, 1.54) is 14.2 Å². The maximum atomic E-state index is 11.9. The Bertz CT molecular complexity index is 507. The van der Waals surface area contributed by atoms with Crippen molar-refractivity contribution in [1.82, 2.24) is 4.72 Å². The number of hydrogen-bond acceptors (Lipinski definition) is 4. The van der Waals surface area contributed by atoms with Gasteiger partial charge in [0, 0.05) is 25.2 Å². The summed E-state index contributed by atoms with van der Waals surface area (Å²) in [6.45, 7) is 0.516. The van der Waals surface area contributed by atoms with E-state index in [1.807, 2.05) is 0 Å². The van der Waals surface area contributed by atoms with Crippen molar-refractivity contribution in [3.8, 4) is 0 Å². The van der Waals surface area contributed by atoms with Crippen LogP contribution in [0.15, 0.2) is 22.7 Å². The van der Waals surface area contributed by atoms with Crippen LogP contribution in [0, 0.1) is 0 Å². The SMILES string of the molecule is COCCNS(=O)(=O)N(C)c1ccc(Br)cc1N. The van der Waals surface area contributed by atoms with Crippen LogP contribution >= 0.6 is 15.9 Å². The Morgan fingerprint density at radius 3 is 2.72 bits per heavy atom. The van der Waals surface area contributed by atoms with E-state index in [1.54, 1.807) is 18.2 Å². The fraction of sp³-hybridized carbons (Fsp3) is 0.400. The smallest absolute Gasteiger partial charge is 0.301 e. The van der Waals surface area contributed by atoms with Gasteiger partial charge in [0.25, 0.3) is 0 Å². The second-order valence-corrected chi connectivity index (χ2v) is 6.27. The van der Waals surface area contributed by atoms with E-state index in [-0.39, 0.29) is 6.54 Å². The molecule has 0 aliphatic rings. The third-order valence-corrected chi connectivity index (χ3v) is 4.26. The quantitative estimate of drug-likeness (QED) is 0.597. The largest absolute Gasteiger partial charge is 0.397 e. The zero-order valence-corrected chi connectivity index (χ0v) is 12.6. The minimum Gasteiger partial charge on any atom is -0.397 e. The number of rotatable bonds is 6. The van der Waals surface area contributed by atoms with Crippen LogP contribution in [0.5, 0.6) is 0 Å². The average Bonchev–Trinajstić information content (AvgIpc) is 2.28. The van der Waals surface area contributed by atoms with Crippen molar-refractivity contribution in [2.24, 2.45) is 0 Å². The minimum absolute atomic E-state index is 0.208. The number of nitrogens with two attached hydrogens (primary N) is 1. The number of methoxy groups -OCH3 is 1. The van der Waals surface area contributed by atoms with Crippen molar-refractivity contribution in [2.45, 2.75) is 0 Å². The van der Waals surface area contributed by atoms with E-state index in [0.29, 0.717) is 18.0 Å². The number of benzene rings is 1. The van der Waals surface area contributed by atoms with Crippen molar-refractivity contribution in [1.29, 1.82) is 0 Å². The first kappa shape index (κ1) is 15.2. The Morgan fingerprint density at radius 1 is 1.50 bits per heavy atom. The van der Waals surface area contributed by atoms with E-state index >= 15 is 0 Å². The first-order valence-electron chi connectivity index (χ1n) is 5.16. The van der Waals surface area contributed by atoms with E-state index in [4.69, 9.17) is 10.5 Å². The molecule has 8 heteroatoms. The van der Waals surface area contributed by atoms with Gasteiger partial charge in [0.05, 0.1) is 18.0 Å². The molecule has 0 amide bonds. The van der Waals surface area contributed by atoms with Crippen LogP contribution in [0.2, 0.25) is 0 Å². The van der Waals surface area contributed by atoms with E-state index < -0.39 is 10.2 Å². The molecule has 0 radical (unpaired) electrons. The molecule has 1 aromatic carbocycles. The first-order chi connectivity index (χ1) is 8.38. The van der Waals surface area contributed by atoms with Crippen LogP contribution < -0.4 is 14.8 Å². The molecule has 0 aliphatic heterocycles. The molecule has 6 nitrogen and oxygen atoms in total. The summed E-state index contributed by atoms with van der Waals surface area (Å²) >= 11 is 3.27. The summed E-state index contributed by atoms with van der Waals surface area (Å²) in [4.78, 5) is 0. The molecule has 3 N–H and O–H groups in total. The first-order valence-corrected chi connectivity index (χ1v) is 7.39. The molecule has 0 fully saturated rings. The Kier molecular flexibility index (Phi) is 5.39. The van der Waals surface area contributed by atoms with E-state index in [2.05, 4.69) is 20.7 Å². The molecule has 1 aromatic rings. The molecule has 0 atom stereocenters. The normalized spacial score (nSPS) is 11.5. The number of nitrogens with one attached hydrogen (secondary N) is 1. The lowest BCUT2D eigenvalue weighted by Crippen LogP contribution is -2.40. The number of halogens is 1. The Labute approximate surface area is 115 Å². The third-order valence-electron chi connectivity index (χ3n) is 2.28. The molecule has 0 bridgehead atoms. The highest BCUT2D eigenvalue weighted by Gasteiger charge is 2.19. The van der Waals surface area contributed by atoms with Gasteiger partial charge in [-0.05, 0) is 18.2 Å². The number of ether oxygens (including phenoxy) is 1. The van der Waals surface area contributed by atoms with Crippen molar-refractivity contribution in [3.63, 3.8) is 0 Å². The van der Waals surface area contributed by atoms with Crippen LogP contribution in [0.1, 0.15) is 0 Å². The molecule has 0 saturated carbocycles. The maximum absolute atomic E-state index is 11.9. The van der Waals surface area contributed by atoms with Gasteiger partial charge in [-0.3, -0.25) is 4.31 Å². The lowest BCUT2D eigenvalue weighted by atomic mass is 10.3. The highest BCUT2D eigenvalue weighted by atomic mass is 79.9. The third kappa shape index (κ3) is 3.84. The van der Waals surface area contributed by atoms with Gasteiger partial charge in [-0.25, -0.2) is 0 Å². The summed E-state index contributed by atoms with van der Waals surface area (Å²) in [6, 6.07) is 5.01. The van der Waals surface area contributed by atoms with Crippen molar-refractivity contribution in [3.05, 3.63) is 22.7 Å². The highest BCUT2D eigenvalue weighted by molar-refractivity contribution is 9.10. The van der Waals surface area contributed by atoms with Crippen molar-refractivity contribution >= 4 is 37.5 Å². The molecule has 18 heavy (non-hydrogen) atoms. The van der Waals surface area contributed by atoms with E-state index in [9.17, 15) is 8.42 Å². The van der Waals surface area contributed by atoms with Gasteiger partial charge < -0.3 is 10.5 Å². The van der Waals surface area contributed by atoms with Gasteiger partial charge in [0.1, 0.15) is 0 Å². The predicted octanol–water partition coefficient (Wildman–Crippen LogP) is 0.948. The number of anilines is 2. The van der Waals surface area contributed by atoms with Crippen LogP contribution in [0.3, 0.4) is 0 Å². The van der Waals surface area contributed by atoms with Gasteiger partial charge in [-0.2, -0.15) is 13.1 Å². The van der Waals surface area contributed by atoms with Gasteiger partial charge in [-0.15, -0.1) is 0 Å². The molecular weight excluding hydrogens is 322 g/mol. The topological polar surface area (TPSA) is 84.7 Å². The van der Waals surface area contributed by atoms with Gasteiger partial charge in [0.2, 0.25) is 0 Å². The molecule has 1 rings (SSSR count). The molecule has 0 unspecified atom stereocenters. The maximum Gasteiger partial charge on any atom is 0.301 e. The summed E-state index contributed by atoms with van der Waals surface area (Å²) < 4.78 is 33.0. The summed E-state index contributed by atoms with van der Waals surface area (Å²) in [6.07, 6.45) is 0. The van der Waals surface area contributed by atoms with E-state index in [0.717, 1.165) is 8.78 Å². The van der Waals surface area contributed by atoms with Crippen molar-refractivity contribution < 1.29 is 13.2 Å². The van der Waals surface area contributed by atoms with Gasteiger partial charge >= 0.3 is 10.2 Å².